The third-order valence-corrected chi connectivity index (χ3v) is 3.83. The maximum atomic E-state index is 12.6. The van der Waals surface area contributed by atoms with Crippen LogP contribution in [0.3, 0.4) is 0 Å². The van der Waals surface area contributed by atoms with Gasteiger partial charge in [0.1, 0.15) is 12.4 Å². The van der Waals surface area contributed by atoms with E-state index in [4.69, 9.17) is 4.74 Å². The van der Waals surface area contributed by atoms with Gasteiger partial charge in [-0.2, -0.15) is 0 Å². The molecule has 1 N–H and O–H groups in total. The fourth-order valence-electron chi connectivity index (χ4n) is 2.38. The lowest BCUT2D eigenvalue weighted by molar-refractivity contribution is -0.156. The number of ether oxygens (including phenoxy) is 1. The van der Waals surface area contributed by atoms with Crippen LogP contribution in [0.4, 0.5) is 0 Å². The molecule has 0 aliphatic heterocycles. The van der Waals surface area contributed by atoms with Gasteiger partial charge in [0, 0.05) is 17.4 Å². The molecule has 144 valence electrons. The monoisotopic (exact) mass is 361 g/mol. The van der Waals surface area contributed by atoms with Crippen molar-refractivity contribution in [3.8, 4) is 0 Å². The van der Waals surface area contributed by atoms with Gasteiger partial charge < -0.3 is 10.1 Å². The summed E-state index contributed by atoms with van der Waals surface area (Å²) >= 11 is 0. The maximum Gasteiger partial charge on any atom is 0.376 e. The minimum absolute atomic E-state index is 0.0502. The number of ketones is 2. The van der Waals surface area contributed by atoms with Gasteiger partial charge in [-0.05, 0) is 32.8 Å². The van der Waals surface area contributed by atoms with Gasteiger partial charge in [-0.25, -0.2) is 4.79 Å². The summed E-state index contributed by atoms with van der Waals surface area (Å²) in [6.45, 7) is 11.3. The Hall–Kier alpha value is -2.01. The summed E-state index contributed by atoms with van der Waals surface area (Å²) in [4.78, 5) is 36.9. The van der Waals surface area contributed by atoms with Crippen molar-refractivity contribution in [2.45, 2.75) is 72.6 Å². The molecule has 0 aromatic heterocycles. The first-order valence-electron chi connectivity index (χ1n) is 8.96. The summed E-state index contributed by atoms with van der Waals surface area (Å²) in [5, 5.41) is 3.14. The van der Waals surface area contributed by atoms with E-state index in [9.17, 15) is 14.4 Å². The number of Topliss-reactive ketones (excluding diaryl/α,β-unsaturated/α-hetero) is 2. The Balaban J connectivity index is 2.73. The predicted octanol–water partition coefficient (Wildman–Crippen LogP) is 3.45. The topological polar surface area (TPSA) is 72.5 Å². The van der Waals surface area contributed by atoms with Gasteiger partial charge in [-0.1, -0.05) is 51.1 Å². The minimum atomic E-state index is -0.876. The van der Waals surface area contributed by atoms with Gasteiger partial charge in [-0.3, -0.25) is 9.59 Å². The van der Waals surface area contributed by atoms with E-state index in [0.29, 0.717) is 0 Å². The molecule has 0 saturated carbocycles. The van der Waals surface area contributed by atoms with E-state index >= 15 is 0 Å². The molecule has 1 unspecified atom stereocenters. The molecule has 0 bridgehead atoms. The van der Waals surface area contributed by atoms with Crippen LogP contribution in [0.25, 0.3) is 0 Å². The molecule has 0 saturated heterocycles. The number of benzene rings is 1. The molecule has 5 nitrogen and oxygen atoms in total. The van der Waals surface area contributed by atoms with Gasteiger partial charge >= 0.3 is 5.97 Å². The summed E-state index contributed by atoms with van der Waals surface area (Å²) in [6.07, 6.45) is 0.502. The van der Waals surface area contributed by atoms with Crippen molar-refractivity contribution in [1.29, 1.82) is 0 Å². The molecule has 0 aliphatic rings. The molecular formula is C21H31NO4. The Kier molecular flexibility index (Phi) is 7.69. The highest BCUT2D eigenvalue weighted by Gasteiger charge is 2.31. The second-order valence-electron chi connectivity index (χ2n) is 8.58. The van der Waals surface area contributed by atoms with Crippen molar-refractivity contribution in [1.82, 2.24) is 5.32 Å². The quantitative estimate of drug-likeness (QED) is 0.567. The highest BCUT2D eigenvalue weighted by Crippen LogP contribution is 2.19. The van der Waals surface area contributed by atoms with Crippen LogP contribution in [0.15, 0.2) is 30.3 Å². The zero-order valence-corrected chi connectivity index (χ0v) is 16.7. The van der Waals surface area contributed by atoms with Crippen LogP contribution in [0.5, 0.6) is 0 Å². The first-order chi connectivity index (χ1) is 11.9. The molecule has 1 rings (SSSR count). The van der Waals surface area contributed by atoms with E-state index in [1.165, 1.54) is 0 Å². The van der Waals surface area contributed by atoms with E-state index < -0.39 is 23.2 Å². The van der Waals surface area contributed by atoms with Crippen molar-refractivity contribution in [2.24, 2.45) is 5.41 Å². The van der Waals surface area contributed by atoms with Crippen LogP contribution < -0.4 is 5.32 Å². The zero-order valence-electron chi connectivity index (χ0n) is 16.7. The lowest BCUT2D eigenvalue weighted by Crippen LogP contribution is -2.50. The fraction of sp³-hybridized carbons (Fsp3) is 0.571. The largest absolute Gasteiger partial charge is 0.455 e. The summed E-state index contributed by atoms with van der Waals surface area (Å²) in [5.41, 5.74) is -0.0228. The van der Waals surface area contributed by atoms with Crippen molar-refractivity contribution in [3.63, 3.8) is 0 Å². The molecule has 0 radical (unpaired) electrons. The zero-order chi connectivity index (χ0) is 20.0. The van der Waals surface area contributed by atoms with Crippen molar-refractivity contribution in [3.05, 3.63) is 35.9 Å². The average molecular weight is 361 g/mol. The number of carbonyl (C=O) groups excluding carboxylic acids is 3. The summed E-state index contributed by atoms with van der Waals surface area (Å²) in [6, 6.07) is 8.45. The molecule has 0 fully saturated rings. The number of nitrogens with one attached hydrogen (secondary N) is 1. The van der Waals surface area contributed by atoms with Gasteiger partial charge in [0.25, 0.3) is 5.78 Å². The second kappa shape index (κ2) is 9.08. The highest BCUT2D eigenvalue weighted by molar-refractivity contribution is 6.35. The Morgan fingerprint density at radius 1 is 1.00 bits per heavy atom. The lowest BCUT2D eigenvalue weighted by Gasteiger charge is -2.27. The van der Waals surface area contributed by atoms with Gasteiger partial charge in [0.05, 0.1) is 6.04 Å². The van der Waals surface area contributed by atoms with Gasteiger partial charge in [0.15, 0.2) is 0 Å². The molecule has 26 heavy (non-hydrogen) atoms. The molecule has 5 heteroatoms. The predicted molar refractivity (Wildman–Crippen MR) is 102 cm³/mol. The van der Waals surface area contributed by atoms with E-state index in [2.05, 4.69) is 5.32 Å². The maximum absolute atomic E-state index is 12.6. The molecule has 0 amide bonds. The van der Waals surface area contributed by atoms with E-state index in [0.717, 1.165) is 5.56 Å². The van der Waals surface area contributed by atoms with E-state index in [-0.39, 0.29) is 30.8 Å². The van der Waals surface area contributed by atoms with Crippen LogP contribution in [0, 0.1) is 5.41 Å². The SMILES string of the molecule is CC(C)(C)NC(CCC(=O)C(C)(C)C)C(=O)C(=O)OCc1ccccc1. The van der Waals surface area contributed by atoms with Crippen molar-refractivity contribution >= 4 is 17.5 Å². The first kappa shape index (κ1) is 22.0. The average Bonchev–Trinajstić information content (AvgIpc) is 2.54. The standard InChI is InChI=1S/C21H31NO4/c1-20(2,3)17(23)13-12-16(22-21(4,5)6)18(24)19(25)26-14-15-10-8-7-9-11-15/h7-11,16,22H,12-14H2,1-6H3. The first-order valence-corrected chi connectivity index (χ1v) is 8.96. The van der Waals surface area contributed by atoms with Gasteiger partial charge in [0.2, 0.25) is 0 Å². The molecule has 1 aromatic carbocycles. The molecule has 0 heterocycles. The van der Waals surface area contributed by atoms with Crippen LogP contribution in [0.2, 0.25) is 0 Å². The molecule has 0 spiro atoms. The van der Waals surface area contributed by atoms with Gasteiger partial charge in [-0.15, -0.1) is 0 Å². The molecule has 0 aliphatic carbocycles. The fourth-order valence-corrected chi connectivity index (χ4v) is 2.38. The molecule has 1 aromatic rings. The summed E-state index contributed by atoms with van der Waals surface area (Å²) in [5.74, 6) is -1.46. The summed E-state index contributed by atoms with van der Waals surface area (Å²) < 4.78 is 5.15. The highest BCUT2D eigenvalue weighted by atomic mass is 16.5. The minimum Gasteiger partial charge on any atom is -0.455 e. The van der Waals surface area contributed by atoms with Crippen molar-refractivity contribution in [2.75, 3.05) is 0 Å². The Morgan fingerprint density at radius 2 is 1.58 bits per heavy atom. The lowest BCUT2D eigenvalue weighted by atomic mass is 9.86. The number of rotatable bonds is 8. The number of hydrogen-bond acceptors (Lipinski definition) is 5. The Labute approximate surface area is 156 Å². The number of hydrogen-bond donors (Lipinski definition) is 1. The van der Waals surface area contributed by atoms with E-state index in [1.807, 2.05) is 71.9 Å². The smallest absolute Gasteiger partial charge is 0.376 e. The molecular weight excluding hydrogens is 330 g/mol. The third kappa shape index (κ3) is 7.91. The Bertz CT molecular complexity index is 624. The number of esters is 1. The normalized spacial score (nSPS) is 13.2. The number of carbonyl (C=O) groups is 3. The van der Waals surface area contributed by atoms with E-state index in [1.54, 1.807) is 0 Å². The Morgan fingerprint density at radius 3 is 2.08 bits per heavy atom. The van der Waals surface area contributed by atoms with Crippen LogP contribution in [-0.2, 0) is 25.7 Å². The van der Waals surface area contributed by atoms with Crippen LogP contribution in [0.1, 0.15) is 59.9 Å². The molecule has 1 atom stereocenters. The van der Waals surface area contributed by atoms with Crippen molar-refractivity contribution < 1.29 is 19.1 Å². The summed E-state index contributed by atoms with van der Waals surface area (Å²) in [7, 11) is 0. The second-order valence-corrected chi connectivity index (χ2v) is 8.58. The van der Waals surface area contributed by atoms with Crippen LogP contribution >= 0.6 is 0 Å². The van der Waals surface area contributed by atoms with Crippen LogP contribution in [-0.4, -0.2) is 29.1 Å². The third-order valence-electron chi connectivity index (χ3n) is 3.83.